The van der Waals surface area contributed by atoms with Gasteiger partial charge in [-0.15, -0.1) is 0 Å². The molecule has 0 amide bonds. The molecule has 0 bridgehead atoms. The van der Waals surface area contributed by atoms with Crippen LogP contribution in [0.4, 0.5) is 5.69 Å². The Labute approximate surface area is 105 Å². The SMILES string of the molecule is CCOCCCn1ccc2ccc([N+](=O)[O-])cc21. The first-order valence-electron chi connectivity index (χ1n) is 6.03. The lowest BCUT2D eigenvalue weighted by Gasteiger charge is -2.05. The Hall–Kier alpha value is -1.88. The van der Waals surface area contributed by atoms with Crippen LogP contribution < -0.4 is 0 Å². The highest BCUT2D eigenvalue weighted by atomic mass is 16.6. The zero-order valence-corrected chi connectivity index (χ0v) is 10.3. The lowest BCUT2D eigenvalue weighted by atomic mass is 10.2. The van der Waals surface area contributed by atoms with E-state index in [1.165, 1.54) is 6.07 Å². The van der Waals surface area contributed by atoms with E-state index in [1.807, 2.05) is 23.8 Å². The third-order valence-corrected chi connectivity index (χ3v) is 2.86. The summed E-state index contributed by atoms with van der Waals surface area (Å²) in [4.78, 5) is 10.4. The first kappa shape index (κ1) is 12.6. The van der Waals surface area contributed by atoms with Crippen LogP contribution in [0.5, 0.6) is 0 Å². The molecule has 1 aromatic heterocycles. The minimum Gasteiger partial charge on any atom is -0.382 e. The summed E-state index contributed by atoms with van der Waals surface area (Å²) in [6, 6.07) is 6.91. The van der Waals surface area contributed by atoms with Gasteiger partial charge in [0.05, 0.1) is 10.4 Å². The molecule has 0 N–H and O–H groups in total. The van der Waals surface area contributed by atoms with Crippen molar-refractivity contribution in [3.8, 4) is 0 Å². The van der Waals surface area contributed by atoms with Gasteiger partial charge >= 0.3 is 0 Å². The van der Waals surface area contributed by atoms with Crippen LogP contribution in [0.3, 0.4) is 0 Å². The van der Waals surface area contributed by atoms with Gasteiger partial charge in [-0.3, -0.25) is 10.1 Å². The zero-order chi connectivity index (χ0) is 13.0. The second-order valence-corrected chi connectivity index (χ2v) is 4.06. The minimum atomic E-state index is -0.364. The van der Waals surface area contributed by atoms with Gasteiger partial charge in [0.15, 0.2) is 0 Å². The summed E-state index contributed by atoms with van der Waals surface area (Å²) < 4.78 is 7.31. The van der Waals surface area contributed by atoms with Crippen molar-refractivity contribution < 1.29 is 9.66 Å². The van der Waals surface area contributed by atoms with Crippen molar-refractivity contribution in [3.63, 3.8) is 0 Å². The van der Waals surface area contributed by atoms with Gasteiger partial charge in [0.25, 0.3) is 5.69 Å². The maximum absolute atomic E-state index is 10.8. The van der Waals surface area contributed by atoms with Gasteiger partial charge in [-0.2, -0.15) is 0 Å². The molecule has 0 fully saturated rings. The first-order chi connectivity index (χ1) is 8.72. The van der Waals surface area contributed by atoms with E-state index in [-0.39, 0.29) is 10.6 Å². The number of ether oxygens (including phenoxy) is 1. The van der Waals surface area contributed by atoms with Gasteiger partial charge in [0.2, 0.25) is 0 Å². The second-order valence-electron chi connectivity index (χ2n) is 4.06. The predicted octanol–water partition coefficient (Wildman–Crippen LogP) is 2.98. The maximum atomic E-state index is 10.8. The fraction of sp³-hybridized carbons (Fsp3) is 0.385. The van der Waals surface area contributed by atoms with Crippen molar-refractivity contribution in [2.24, 2.45) is 0 Å². The summed E-state index contributed by atoms with van der Waals surface area (Å²) in [7, 11) is 0. The van der Waals surface area contributed by atoms with Gasteiger partial charge in [0.1, 0.15) is 0 Å². The topological polar surface area (TPSA) is 57.3 Å². The van der Waals surface area contributed by atoms with Crippen molar-refractivity contribution >= 4 is 16.6 Å². The zero-order valence-electron chi connectivity index (χ0n) is 10.3. The lowest BCUT2D eigenvalue weighted by Crippen LogP contribution is -2.01. The van der Waals surface area contributed by atoms with E-state index in [4.69, 9.17) is 4.74 Å². The second kappa shape index (κ2) is 5.64. The Bertz CT molecular complexity index is 548. The standard InChI is InChI=1S/C13H16N2O3/c1-2-18-9-3-7-14-8-6-11-4-5-12(15(16)17)10-13(11)14/h4-6,8,10H,2-3,7,9H2,1H3. The molecule has 0 atom stereocenters. The molecule has 5 heteroatoms. The van der Waals surface area contributed by atoms with E-state index >= 15 is 0 Å². The van der Waals surface area contributed by atoms with Crippen molar-refractivity contribution in [3.05, 3.63) is 40.6 Å². The van der Waals surface area contributed by atoms with Crippen LogP contribution in [-0.2, 0) is 11.3 Å². The van der Waals surface area contributed by atoms with E-state index in [0.29, 0.717) is 6.61 Å². The van der Waals surface area contributed by atoms with Gasteiger partial charge in [-0.05, 0) is 25.5 Å². The molecule has 0 saturated carbocycles. The maximum Gasteiger partial charge on any atom is 0.271 e. The molecule has 1 heterocycles. The highest BCUT2D eigenvalue weighted by Gasteiger charge is 2.08. The Morgan fingerprint density at radius 3 is 2.94 bits per heavy atom. The monoisotopic (exact) mass is 248 g/mol. The molecule has 0 radical (unpaired) electrons. The van der Waals surface area contributed by atoms with Crippen molar-refractivity contribution in [2.75, 3.05) is 13.2 Å². The number of hydrogen-bond donors (Lipinski definition) is 0. The van der Waals surface area contributed by atoms with Gasteiger partial charge in [-0.1, -0.05) is 0 Å². The van der Waals surface area contributed by atoms with E-state index < -0.39 is 0 Å². The van der Waals surface area contributed by atoms with Crippen LogP contribution in [0.2, 0.25) is 0 Å². The van der Waals surface area contributed by atoms with Crippen molar-refractivity contribution in [1.29, 1.82) is 0 Å². The minimum absolute atomic E-state index is 0.132. The molecule has 5 nitrogen and oxygen atoms in total. The molecule has 96 valence electrons. The van der Waals surface area contributed by atoms with E-state index in [1.54, 1.807) is 12.1 Å². The fourth-order valence-corrected chi connectivity index (χ4v) is 1.96. The molecule has 0 unspecified atom stereocenters. The molecule has 0 spiro atoms. The highest BCUT2D eigenvalue weighted by Crippen LogP contribution is 2.22. The predicted molar refractivity (Wildman–Crippen MR) is 69.7 cm³/mol. The third-order valence-electron chi connectivity index (χ3n) is 2.86. The van der Waals surface area contributed by atoms with Crippen LogP contribution in [0.1, 0.15) is 13.3 Å². The number of nitro benzene ring substituents is 1. The lowest BCUT2D eigenvalue weighted by molar-refractivity contribution is -0.384. The van der Waals surface area contributed by atoms with Gasteiger partial charge < -0.3 is 9.30 Å². The molecule has 1 aromatic carbocycles. The Morgan fingerprint density at radius 2 is 2.22 bits per heavy atom. The Balaban J connectivity index is 2.17. The summed E-state index contributed by atoms with van der Waals surface area (Å²) >= 11 is 0. The average molecular weight is 248 g/mol. The number of nitrogens with zero attached hydrogens (tertiary/aromatic N) is 2. The van der Waals surface area contributed by atoms with E-state index in [9.17, 15) is 10.1 Å². The summed E-state index contributed by atoms with van der Waals surface area (Å²) in [5, 5.41) is 11.8. The number of aryl methyl sites for hydroxylation is 1. The van der Waals surface area contributed by atoms with Crippen LogP contribution >= 0.6 is 0 Å². The highest BCUT2D eigenvalue weighted by molar-refractivity contribution is 5.82. The summed E-state index contributed by atoms with van der Waals surface area (Å²) in [6.07, 6.45) is 2.86. The molecule has 0 aliphatic rings. The van der Waals surface area contributed by atoms with Crippen LogP contribution in [0.25, 0.3) is 10.9 Å². The Kier molecular flexibility index (Phi) is 3.94. The quantitative estimate of drug-likeness (QED) is 0.448. The molecular weight excluding hydrogens is 232 g/mol. The Morgan fingerprint density at radius 1 is 1.39 bits per heavy atom. The third kappa shape index (κ3) is 2.68. The smallest absolute Gasteiger partial charge is 0.271 e. The van der Waals surface area contributed by atoms with Crippen molar-refractivity contribution in [1.82, 2.24) is 4.57 Å². The first-order valence-corrected chi connectivity index (χ1v) is 6.03. The number of rotatable bonds is 6. The van der Waals surface area contributed by atoms with E-state index in [2.05, 4.69) is 0 Å². The number of aromatic nitrogens is 1. The summed E-state index contributed by atoms with van der Waals surface area (Å²) in [6.45, 7) is 4.21. The van der Waals surface area contributed by atoms with Crippen LogP contribution in [0, 0.1) is 10.1 Å². The van der Waals surface area contributed by atoms with Gasteiger partial charge in [0, 0.05) is 43.5 Å². The van der Waals surface area contributed by atoms with Crippen LogP contribution in [-0.4, -0.2) is 22.7 Å². The van der Waals surface area contributed by atoms with Crippen molar-refractivity contribution in [2.45, 2.75) is 19.9 Å². The molecule has 0 aliphatic carbocycles. The number of nitro groups is 1. The molecule has 18 heavy (non-hydrogen) atoms. The normalized spacial score (nSPS) is 10.9. The fourth-order valence-electron chi connectivity index (χ4n) is 1.96. The molecule has 2 aromatic rings. The average Bonchev–Trinajstić information content (AvgIpc) is 2.77. The number of benzene rings is 1. The van der Waals surface area contributed by atoms with Crippen LogP contribution in [0.15, 0.2) is 30.5 Å². The van der Waals surface area contributed by atoms with Gasteiger partial charge in [-0.25, -0.2) is 0 Å². The molecule has 2 rings (SSSR count). The molecule has 0 aliphatic heterocycles. The summed E-state index contributed by atoms with van der Waals surface area (Å²) in [5.41, 5.74) is 1.04. The molecular formula is C13H16N2O3. The number of hydrogen-bond acceptors (Lipinski definition) is 3. The largest absolute Gasteiger partial charge is 0.382 e. The van der Waals surface area contributed by atoms with E-state index in [0.717, 1.165) is 30.5 Å². The summed E-state index contributed by atoms with van der Waals surface area (Å²) in [5.74, 6) is 0. The number of non-ortho nitro benzene ring substituents is 1. The number of fused-ring (bicyclic) bond motifs is 1. The molecule has 0 saturated heterocycles.